The van der Waals surface area contributed by atoms with Crippen molar-refractivity contribution in [1.29, 1.82) is 0 Å². The van der Waals surface area contributed by atoms with Gasteiger partial charge in [0.15, 0.2) is 12.4 Å². The fourth-order valence-electron chi connectivity index (χ4n) is 4.03. The SMILES string of the molecule is O=C(COC(=O)[C@H]1CC=CC[C@H]1C(=O)N(c1ccccc1)c1ccccc1)c1ccc(Br)cc1. The highest BCUT2D eigenvalue weighted by Gasteiger charge is 2.38. The molecule has 4 rings (SSSR count). The van der Waals surface area contributed by atoms with Crippen LogP contribution in [0, 0.1) is 11.8 Å². The first-order valence-electron chi connectivity index (χ1n) is 11.1. The van der Waals surface area contributed by atoms with Crippen LogP contribution in [0.5, 0.6) is 0 Å². The van der Waals surface area contributed by atoms with Crippen LogP contribution in [-0.4, -0.2) is 24.3 Å². The summed E-state index contributed by atoms with van der Waals surface area (Å²) in [5.41, 5.74) is 1.92. The lowest BCUT2D eigenvalue weighted by atomic mass is 9.81. The Bertz CT molecular complexity index is 1140. The molecule has 6 heteroatoms. The minimum absolute atomic E-state index is 0.178. The summed E-state index contributed by atoms with van der Waals surface area (Å²) in [4.78, 5) is 40.9. The zero-order valence-corrected chi connectivity index (χ0v) is 20.1. The van der Waals surface area contributed by atoms with Crippen molar-refractivity contribution in [3.05, 3.63) is 107 Å². The molecule has 34 heavy (non-hydrogen) atoms. The molecule has 0 heterocycles. The van der Waals surface area contributed by atoms with Crippen LogP contribution in [0.25, 0.3) is 0 Å². The number of carbonyl (C=O) groups excluding carboxylic acids is 3. The van der Waals surface area contributed by atoms with Crippen molar-refractivity contribution in [2.24, 2.45) is 11.8 Å². The van der Waals surface area contributed by atoms with Gasteiger partial charge in [0.1, 0.15) is 0 Å². The predicted octanol–water partition coefficient (Wildman–Crippen LogP) is 6.12. The Balaban J connectivity index is 1.52. The van der Waals surface area contributed by atoms with E-state index < -0.39 is 17.8 Å². The lowest BCUT2D eigenvalue weighted by Gasteiger charge is -2.32. The Kier molecular flexibility index (Phi) is 7.70. The van der Waals surface area contributed by atoms with E-state index in [1.165, 1.54) is 0 Å². The summed E-state index contributed by atoms with van der Waals surface area (Å²) in [6.07, 6.45) is 4.63. The number of amides is 1. The van der Waals surface area contributed by atoms with Crippen molar-refractivity contribution < 1.29 is 19.1 Å². The van der Waals surface area contributed by atoms with Crippen LogP contribution in [0.3, 0.4) is 0 Å². The summed E-state index contributed by atoms with van der Waals surface area (Å²) in [5.74, 6) is -2.26. The van der Waals surface area contributed by atoms with E-state index in [9.17, 15) is 14.4 Å². The third-order valence-electron chi connectivity index (χ3n) is 5.81. The molecular weight excluding hydrogens is 494 g/mol. The van der Waals surface area contributed by atoms with E-state index in [1.54, 1.807) is 29.2 Å². The number of nitrogens with zero attached hydrogens (tertiary/aromatic N) is 1. The topological polar surface area (TPSA) is 63.7 Å². The summed E-state index contributed by atoms with van der Waals surface area (Å²) in [5, 5.41) is 0. The lowest BCUT2D eigenvalue weighted by Crippen LogP contribution is -2.40. The molecular formula is C28H24BrNO4. The van der Waals surface area contributed by atoms with E-state index in [2.05, 4.69) is 15.9 Å². The van der Waals surface area contributed by atoms with Gasteiger partial charge >= 0.3 is 5.97 Å². The number of esters is 1. The first kappa shape index (κ1) is 23.6. The molecule has 0 aromatic heterocycles. The molecule has 1 aliphatic rings. The molecule has 0 aliphatic heterocycles. The third kappa shape index (κ3) is 5.51. The van der Waals surface area contributed by atoms with Crippen LogP contribution in [0.15, 0.2) is 102 Å². The maximum atomic E-state index is 13.8. The Morgan fingerprint density at radius 3 is 1.85 bits per heavy atom. The molecule has 0 unspecified atom stereocenters. The summed E-state index contributed by atoms with van der Waals surface area (Å²) in [7, 11) is 0. The van der Waals surface area contributed by atoms with Gasteiger partial charge < -0.3 is 4.74 Å². The van der Waals surface area contributed by atoms with Gasteiger partial charge in [0.25, 0.3) is 0 Å². The van der Waals surface area contributed by atoms with Crippen LogP contribution in [-0.2, 0) is 14.3 Å². The molecule has 0 spiro atoms. The molecule has 0 saturated heterocycles. The van der Waals surface area contributed by atoms with E-state index >= 15 is 0 Å². The van der Waals surface area contributed by atoms with E-state index in [-0.39, 0.29) is 18.3 Å². The fourth-order valence-corrected chi connectivity index (χ4v) is 4.30. The van der Waals surface area contributed by atoms with Crippen molar-refractivity contribution in [3.8, 4) is 0 Å². The van der Waals surface area contributed by atoms with Gasteiger partial charge in [-0.15, -0.1) is 0 Å². The minimum atomic E-state index is -0.662. The van der Waals surface area contributed by atoms with Crippen LogP contribution in [0.4, 0.5) is 11.4 Å². The number of anilines is 2. The van der Waals surface area contributed by atoms with Crippen LogP contribution in [0.1, 0.15) is 23.2 Å². The van der Waals surface area contributed by atoms with Gasteiger partial charge in [-0.05, 0) is 49.2 Å². The van der Waals surface area contributed by atoms with Crippen molar-refractivity contribution in [3.63, 3.8) is 0 Å². The van der Waals surface area contributed by atoms with E-state index in [4.69, 9.17) is 4.74 Å². The van der Waals surface area contributed by atoms with E-state index in [0.29, 0.717) is 18.4 Å². The highest BCUT2D eigenvalue weighted by Crippen LogP contribution is 2.34. The summed E-state index contributed by atoms with van der Waals surface area (Å²) in [6.45, 7) is -0.358. The molecule has 1 amide bonds. The monoisotopic (exact) mass is 517 g/mol. The minimum Gasteiger partial charge on any atom is -0.457 e. The maximum absolute atomic E-state index is 13.8. The average Bonchev–Trinajstić information content (AvgIpc) is 2.89. The fraction of sp³-hybridized carbons (Fsp3) is 0.179. The molecule has 0 fully saturated rings. The number of hydrogen-bond acceptors (Lipinski definition) is 4. The number of para-hydroxylation sites is 2. The molecule has 0 radical (unpaired) electrons. The number of rotatable bonds is 7. The van der Waals surface area contributed by atoms with Crippen molar-refractivity contribution >= 4 is 45.0 Å². The van der Waals surface area contributed by atoms with Gasteiger partial charge in [0.05, 0.1) is 11.8 Å². The first-order chi connectivity index (χ1) is 16.5. The van der Waals surface area contributed by atoms with Crippen molar-refractivity contribution in [2.75, 3.05) is 11.5 Å². The number of Topliss-reactive ketones (excluding diaryl/α,β-unsaturated/α-hetero) is 1. The highest BCUT2D eigenvalue weighted by atomic mass is 79.9. The van der Waals surface area contributed by atoms with Gasteiger partial charge in [-0.25, -0.2) is 0 Å². The van der Waals surface area contributed by atoms with Gasteiger partial charge in [0, 0.05) is 21.4 Å². The summed E-state index contributed by atoms with van der Waals surface area (Å²) >= 11 is 3.34. The Morgan fingerprint density at radius 2 is 1.29 bits per heavy atom. The van der Waals surface area contributed by atoms with Gasteiger partial charge in [0.2, 0.25) is 5.91 Å². The van der Waals surface area contributed by atoms with E-state index in [1.807, 2.05) is 72.8 Å². The Labute approximate surface area is 207 Å². The number of hydrogen-bond donors (Lipinski definition) is 0. The predicted molar refractivity (Wildman–Crippen MR) is 135 cm³/mol. The smallest absolute Gasteiger partial charge is 0.310 e. The highest BCUT2D eigenvalue weighted by molar-refractivity contribution is 9.10. The number of ether oxygens (including phenoxy) is 1. The zero-order chi connectivity index (χ0) is 23.9. The molecule has 2 atom stereocenters. The molecule has 172 valence electrons. The second-order valence-electron chi connectivity index (χ2n) is 8.04. The van der Waals surface area contributed by atoms with Crippen LogP contribution in [0.2, 0.25) is 0 Å². The maximum Gasteiger partial charge on any atom is 0.310 e. The normalized spacial score (nSPS) is 17.1. The van der Waals surface area contributed by atoms with Crippen LogP contribution < -0.4 is 4.90 Å². The largest absolute Gasteiger partial charge is 0.457 e. The standard InChI is InChI=1S/C28H24BrNO4/c29-21-17-15-20(16-18-21)26(31)19-34-28(33)25-14-8-7-13-24(25)27(32)30(22-9-3-1-4-10-22)23-11-5-2-6-12-23/h1-12,15-18,24-25H,13-14,19H2/t24-,25+/m1/s1. The lowest BCUT2D eigenvalue weighted by molar-refractivity contribution is -0.151. The van der Waals surface area contributed by atoms with Crippen molar-refractivity contribution in [1.82, 2.24) is 0 Å². The molecule has 0 N–H and O–H groups in total. The zero-order valence-electron chi connectivity index (χ0n) is 18.5. The molecule has 3 aromatic carbocycles. The molecule has 1 aliphatic carbocycles. The van der Waals surface area contributed by atoms with E-state index in [0.717, 1.165) is 15.8 Å². The van der Waals surface area contributed by atoms with Gasteiger partial charge in [-0.2, -0.15) is 0 Å². The van der Waals surface area contributed by atoms with Crippen LogP contribution >= 0.6 is 15.9 Å². The number of benzene rings is 3. The van der Waals surface area contributed by atoms with Crippen molar-refractivity contribution in [2.45, 2.75) is 12.8 Å². The Morgan fingerprint density at radius 1 is 0.765 bits per heavy atom. The molecule has 0 bridgehead atoms. The second kappa shape index (κ2) is 11.1. The number of allylic oxidation sites excluding steroid dienone is 2. The first-order valence-corrected chi connectivity index (χ1v) is 11.9. The quantitative estimate of drug-likeness (QED) is 0.215. The van der Waals surface area contributed by atoms with Gasteiger partial charge in [-0.3, -0.25) is 19.3 Å². The van der Waals surface area contributed by atoms with Gasteiger partial charge in [-0.1, -0.05) is 76.6 Å². The number of ketones is 1. The molecule has 3 aromatic rings. The summed E-state index contributed by atoms with van der Waals surface area (Å²) in [6, 6.07) is 25.6. The molecule has 5 nitrogen and oxygen atoms in total. The number of carbonyl (C=O) groups is 3. The number of halogens is 1. The third-order valence-corrected chi connectivity index (χ3v) is 6.34. The molecule has 0 saturated carbocycles. The Hall–Kier alpha value is -3.51. The summed E-state index contributed by atoms with van der Waals surface area (Å²) < 4.78 is 6.25. The second-order valence-corrected chi connectivity index (χ2v) is 8.95. The average molecular weight is 518 g/mol.